The van der Waals surface area contributed by atoms with Gasteiger partial charge in [0.15, 0.2) is 0 Å². The molecule has 11 aromatic carbocycles. The molecule has 0 atom stereocenters. The van der Waals surface area contributed by atoms with Gasteiger partial charge in [-0.2, -0.15) is 0 Å². The van der Waals surface area contributed by atoms with Crippen molar-refractivity contribution in [2.75, 3.05) is 0 Å². The molecule has 0 amide bonds. The average Bonchev–Trinajstić information content (AvgIpc) is 4.15. The van der Waals surface area contributed by atoms with Crippen LogP contribution in [0.15, 0.2) is 261 Å². The molecule has 0 unspecified atom stereocenters. The molecule has 322 valence electrons. The van der Waals surface area contributed by atoms with Crippen molar-refractivity contribution in [1.29, 1.82) is 0 Å². The Balaban J connectivity index is 1.02. The zero-order valence-corrected chi connectivity index (χ0v) is 37.1. The molecule has 0 bridgehead atoms. The molecule has 0 aliphatic rings. The fourth-order valence-electron chi connectivity index (χ4n) is 10.6. The van der Waals surface area contributed by atoms with Gasteiger partial charge in [0.2, 0.25) is 0 Å². The van der Waals surface area contributed by atoms with Gasteiger partial charge in [-0.25, -0.2) is 0 Å². The first kappa shape index (κ1) is 32.5. The normalized spacial score (nSPS) is 13.2. The van der Waals surface area contributed by atoms with Gasteiger partial charge in [0.05, 0.1) is 48.4 Å². The number of nitrogens with zero attached hydrogens (tertiary/aromatic N) is 3. The maximum Gasteiger partial charge on any atom is 0.0645 e. The lowest BCUT2D eigenvalue weighted by molar-refractivity contribution is 1.17. The Morgan fingerprint density at radius 1 is 0.275 bits per heavy atom. The smallest absolute Gasteiger partial charge is 0.0645 e. The van der Waals surface area contributed by atoms with E-state index < -0.39 is 12.1 Å². The summed E-state index contributed by atoms with van der Waals surface area (Å²) in [5.41, 5.74) is 13.7. The number of benzene rings is 11. The number of fused-ring (bicyclic) bond motifs is 9. The molecule has 0 saturated carbocycles. The second kappa shape index (κ2) is 15.7. The van der Waals surface area contributed by atoms with Crippen LogP contribution in [0.4, 0.5) is 0 Å². The van der Waals surface area contributed by atoms with Gasteiger partial charge in [-0.05, 0) is 118 Å². The number of hydrogen-bond donors (Lipinski definition) is 0. The van der Waals surface area contributed by atoms with Gasteiger partial charge in [-0.3, -0.25) is 0 Å². The highest BCUT2D eigenvalue weighted by Gasteiger charge is 2.21. The second-order valence-electron chi connectivity index (χ2n) is 17.5. The summed E-state index contributed by atoms with van der Waals surface area (Å²) in [5, 5.41) is 4.06. The highest BCUT2D eigenvalue weighted by molar-refractivity contribution is 6.17. The predicted octanol–water partition coefficient (Wildman–Crippen LogP) is 17.6. The summed E-state index contributed by atoms with van der Waals surface area (Å²) in [6, 6.07) is 72.1. The quantitative estimate of drug-likeness (QED) is 0.151. The van der Waals surface area contributed by atoms with E-state index in [-0.39, 0.29) is 57.6 Å². The number of rotatable bonds is 7. The summed E-state index contributed by atoms with van der Waals surface area (Å²) in [6.07, 6.45) is 0. The molecule has 0 N–H and O–H groups in total. The zero-order valence-electron chi connectivity index (χ0n) is 44.1. The number of hydrogen-bond acceptors (Lipinski definition) is 0. The van der Waals surface area contributed by atoms with E-state index in [1.165, 1.54) is 0 Å². The van der Waals surface area contributed by atoms with Crippen LogP contribution in [0.2, 0.25) is 0 Å². The van der Waals surface area contributed by atoms with Crippen LogP contribution in [-0.2, 0) is 0 Å². The van der Waals surface area contributed by atoms with E-state index in [0.717, 1.165) is 88.4 Å². The third-order valence-electron chi connectivity index (χ3n) is 13.7. The molecular formula is C66H43N3. The Morgan fingerprint density at radius 3 is 1.70 bits per heavy atom. The van der Waals surface area contributed by atoms with Crippen molar-refractivity contribution >= 4 is 65.4 Å². The molecule has 0 aliphatic heterocycles. The molecule has 14 aromatic rings. The van der Waals surface area contributed by atoms with Crippen molar-refractivity contribution in [2.24, 2.45) is 0 Å². The zero-order chi connectivity index (χ0) is 51.5. The molecule has 3 heteroatoms. The van der Waals surface area contributed by atoms with E-state index in [9.17, 15) is 6.85 Å². The van der Waals surface area contributed by atoms with Crippen LogP contribution in [0.3, 0.4) is 0 Å². The van der Waals surface area contributed by atoms with E-state index >= 15 is 0 Å². The highest BCUT2D eigenvalue weighted by atomic mass is 15.0. The maximum atomic E-state index is 10.2. The van der Waals surface area contributed by atoms with Crippen molar-refractivity contribution in [3.63, 3.8) is 0 Å². The fourth-order valence-corrected chi connectivity index (χ4v) is 10.6. The molecule has 0 saturated heterocycles. The predicted molar refractivity (Wildman–Crippen MR) is 291 cm³/mol. The van der Waals surface area contributed by atoms with Gasteiger partial charge in [0.25, 0.3) is 0 Å². The summed E-state index contributed by atoms with van der Waals surface area (Å²) in [4.78, 5) is 0. The lowest BCUT2D eigenvalue weighted by atomic mass is 9.97. The Kier molecular flexibility index (Phi) is 7.40. The van der Waals surface area contributed by atoms with Crippen LogP contribution in [0.1, 0.15) is 9.60 Å². The Hall–Kier alpha value is -9.18. The minimum absolute atomic E-state index is 0.0955. The summed E-state index contributed by atoms with van der Waals surface area (Å²) >= 11 is 0. The van der Waals surface area contributed by atoms with Gasteiger partial charge in [0.1, 0.15) is 0 Å². The summed E-state index contributed by atoms with van der Waals surface area (Å²) in [5.74, 6) is 0. The minimum atomic E-state index is -0.436. The molecule has 14 rings (SSSR count). The minimum Gasteiger partial charge on any atom is -0.309 e. The van der Waals surface area contributed by atoms with Crippen LogP contribution in [0, 0.1) is 0 Å². The van der Waals surface area contributed by atoms with Gasteiger partial charge in [-0.1, -0.05) is 182 Å². The van der Waals surface area contributed by atoms with Crippen molar-refractivity contribution in [1.82, 2.24) is 13.7 Å². The number of aromatic nitrogens is 3. The first-order chi connectivity index (χ1) is 37.2. The van der Waals surface area contributed by atoms with Gasteiger partial charge in [-0.15, -0.1) is 0 Å². The average molecular weight is 885 g/mol. The van der Waals surface area contributed by atoms with Crippen LogP contribution in [0.5, 0.6) is 0 Å². The Morgan fingerprint density at radius 2 is 0.855 bits per heavy atom. The van der Waals surface area contributed by atoms with E-state index in [0.29, 0.717) is 11.3 Å². The molecule has 0 fully saturated rings. The van der Waals surface area contributed by atoms with E-state index in [1.54, 1.807) is 4.57 Å². The Labute approximate surface area is 409 Å². The molecule has 3 aromatic heterocycles. The molecule has 0 radical (unpaired) electrons. The summed E-state index contributed by atoms with van der Waals surface area (Å²) in [7, 11) is 0. The SMILES string of the molecule is [2H]c1c([2H])c([2H])c2c(c1[2H])c1c([2H])c(-c3ccc4c(c3)c3c(-c5ccccc5)cccc3n4-c3cccc(-c4ccccc4)c3)c([2H])c([2H])c1n2-c1ccc2c(c1)c1ccccc1n2-c1ccccc1-c1ccccc1. The fraction of sp³-hybridized carbons (Fsp3) is 0. The van der Waals surface area contributed by atoms with Crippen molar-refractivity contribution in [3.05, 3.63) is 261 Å². The van der Waals surface area contributed by atoms with Crippen molar-refractivity contribution < 1.29 is 9.60 Å². The second-order valence-corrected chi connectivity index (χ2v) is 17.5. The molecular weight excluding hydrogens is 835 g/mol. The molecule has 3 nitrogen and oxygen atoms in total. The molecule has 3 heterocycles. The third kappa shape index (κ3) is 6.21. The van der Waals surface area contributed by atoms with Crippen LogP contribution in [-0.4, -0.2) is 13.7 Å². The first-order valence-electron chi connectivity index (χ1n) is 26.7. The van der Waals surface area contributed by atoms with Crippen molar-refractivity contribution in [3.8, 4) is 61.6 Å². The van der Waals surface area contributed by atoms with Crippen molar-refractivity contribution in [2.45, 2.75) is 0 Å². The van der Waals surface area contributed by atoms with Crippen LogP contribution in [0.25, 0.3) is 127 Å². The molecule has 69 heavy (non-hydrogen) atoms. The lowest BCUT2D eigenvalue weighted by Gasteiger charge is -2.14. The maximum absolute atomic E-state index is 10.2. The van der Waals surface area contributed by atoms with Gasteiger partial charge in [0, 0.05) is 49.3 Å². The standard InChI is InChI=1S/C66H43N3/c1-4-18-44(19-5-1)47-24-16-25-50(40-47)68-64-38-35-49(42-58(64)66-53(29-17-33-65(66)68)46-22-8-3-9-23-46)48-34-37-62-56(41-48)54-27-11-14-31-60(54)67(62)51-36-39-63-57(43-51)55-28-12-15-32-61(55)69(63)59-30-13-10-26-52(59)45-20-6-2-7-21-45/h1-43H/i11D,14D,27D,31D,34D,37D,41D. The number of para-hydroxylation sites is 3. The largest absolute Gasteiger partial charge is 0.309 e. The van der Waals surface area contributed by atoms with E-state index in [4.69, 9.17) is 2.74 Å². The molecule has 0 aliphatic carbocycles. The monoisotopic (exact) mass is 884 g/mol. The molecule has 0 spiro atoms. The Bertz CT molecular complexity index is 4710. The summed E-state index contributed by atoms with van der Waals surface area (Å²) in [6.45, 7) is 0. The van der Waals surface area contributed by atoms with E-state index in [1.807, 2.05) is 115 Å². The van der Waals surface area contributed by atoms with E-state index in [2.05, 4.69) is 112 Å². The highest BCUT2D eigenvalue weighted by Crippen LogP contribution is 2.43. The topological polar surface area (TPSA) is 14.8 Å². The summed E-state index contributed by atoms with van der Waals surface area (Å²) < 4.78 is 73.1. The van der Waals surface area contributed by atoms with Crippen LogP contribution < -0.4 is 0 Å². The third-order valence-corrected chi connectivity index (χ3v) is 13.7. The lowest BCUT2D eigenvalue weighted by Crippen LogP contribution is -1.98. The van der Waals surface area contributed by atoms with Gasteiger partial charge < -0.3 is 13.7 Å². The first-order valence-corrected chi connectivity index (χ1v) is 23.2. The van der Waals surface area contributed by atoms with Gasteiger partial charge >= 0.3 is 0 Å². The van der Waals surface area contributed by atoms with Crippen LogP contribution >= 0.6 is 0 Å².